The van der Waals surface area contributed by atoms with Gasteiger partial charge in [0.05, 0.1) is 49.1 Å². The number of anilines is 5. The van der Waals surface area contributed by atoms with Gasteiger partial charge in [0.25, 0.3) is 0 Å². The molecule has 13 aliphatic rings. The van der Waals surface area contributed by atoms with E-state index in [1.807, 2.05) is 129 Å². The van der Waals surface area contributed by atoms with Crippen LogP contribution in [-0.2, 0) is 0 Å². The standard InChI is InChI=1S/C24H30N6O.C23H28N6O.C21H25N5O.C21H23N5O.C20H22FN5O/c1-17-5-6-20-12-21(17)22-13-25-30-9-7-23(26-24(22)30)27(2)10-11-29-14-18-4-3-8-28(18)15-19(29)16-31-20;1-16-4-5-19-11-20(16)21-12-25-29-9-6-22(26-23(21)29)24-7-10-28-13-17-3-2-8-27(17)14-18(28)15-30-19;1-14-3-4-16-12-18(14)19-13-23-26-9-6-20(24-21(19)26)22-7-10-25-8-5-17(27-16)11-15(25)2;1-15-5-6-17-12-18(15)19-13-23-26-10-7-20(24-21(19)26)22-8-11-25-9-3-2-4-16(25)14-27-17;1-13-2-3-16-9-17(13)18-10-23-26-6-4-19(24-20(18)26)22-5-7-25-11-14(21)8-15(25)12-27-16/h5-7,9,12-13,18-19H,3-4,8,10-11,14-16H2,1-2H3;4-6,9,11-12,17-18H,2-3,7-8,10,13-15H2,1H3,(H,24,26);3-4,6,9,12-13,15,17H,5,7-8,10-11H2,1-2H3,(H,22,24);2,4-7,10,12-13,16H,3,8-9,11,14H2,1H3,(H,22,24);2-4,6,9-10,14-15H,5,7-8,11-12H2,1H3,(H,22,24)/t18-,19-;17-,18+;15-,17-;16-;14-,15-/m00000/s1. The van der Waals surface area contributed by atoms with Crippen molar-refractivity contribution in [1.82, 2.24) is 107 Å². The summed E-state index contributed by atoms with van der Waals surface area (Å²) < 4.78 is 54.5. The van der Waals surface area contributed by atoms with Gasteiger partial charge in [-0.25, -0.2) is 51.9 Å². The fourth-order valence-electron chi connectivity index (χ4n) is 22.8. The molecule has 0 amide bonds. The predicted octanol–water partition coefficient (Wildman–Crippen LogP) is 14.8. The van der Waals surface area contributed by atoms with E-state index < -0.39 is 6.17 Å². The lowest BCUT2D eigenvalue weighted by Crippen LogP contribution is -2.59. The number of benzene rings is 5. The van der Waals surface area contributed by atoms with Gasteiger partial charge < -0.3 is 49.9 Å². The molecule has 28 rings (SSSR count). The molecule has 1 unspecified atom stereocenters. The number of rotatable bonds is 0. The number of ether oxygens (including phenoxy) is 5. The summed E-state index contributed by atoms with van der Waals surface area (Å²) in [5, 5.41) is 36.3. The van der Waals surface area contributed by atoms with Crippen LogP contribution in [0.1, 0.15) is 86.1 Å². The van der Waals surface area contributed by atoms with E-state index in [-0.39, 0.29) is 12.1 Å². The molecule has 736 valence electrons. The minimum Gasteiger partial charge on any atom is -0.492 e. The summed E-state index contributed by atoms with van der Waals surface area (Å²) in [5.74, 6) is 8.95. The van der Waals surface area contributed by atoms with Crippen LogP contribution >= 0.6 is 0 Å². The molecule has 142 heavy (non-hydrogen) atoms. The van der Waals surface area contributed by atoms with Crippen LogP contribution in [0.25, 0.3) is 83.9 Å². The molecule has 13 aliphatic heterocycles. The van der Waals surface area contributed by atoms with E-state index in [4.69, 9.17) is 48.6 Å². The van der Waals surface area contributed by atoms with Crippen molar-refractivity contribution in [3.63, 3.8) is 0 Å². The number of nitrogens with one attached hydrogen (secondary N) is 4. The largest absolute Gasteiger partial charge is 0.492 e. The summed E-state index contributed by atoms with van der Waals surface area (Å²) in [7, 11) is 2.14. The molecular formula is C109H128FN27O5. The lowest BCUT2D eigenvalue weighted by atomic mass is 10.00. The van der Waals surface area contributed by atoms with Crippen LogP contribution in [0.15, 0.2) is 195 Å². The average molecular weight is 1920 g/mol. The maximum Gasteiger partial charge on any atom is 0.165 e. The second kappa shape index (κ2) is 40.5. The van der Waals surface area contributed by atoms with E-state index in [1.165, 1.54) is 61.0 Å². The van der Waals surface area contributed by atoms with Crippen LogP contribution in [-0.4, -0.2) is 320 Å². The number of piperidine rings is 1. The Hall–Kier alpha value is -13.4. The smallest absolute Gasteiger partial charge is 0.165 e. The summed E-state index contributed by atoms with van der Waals surface area (Å²) in [5.41, 5.74) is 20.9. The number of likely N-dealkylation sites (N-methyl/N-ethyl adjacent to an activating group) is 1. The number of nitrogens with zero attached hydrogens (tertiary/aromatic N) is 23. The molecule has 5 aromatic carbocycles. The quantitative estimate of drug-likeness (QED) is 0.103. The van der Waals surface area contributed by atoms with E-state index in [9.17, 15) is 4.39 Å². The maximum atomic E-state index is 14.0. The SMILES string of the molecule is Cc1ccc2cc1-c1cnn3ccc(nc13)N(C)CCN1C[C@@H]3CCCN3C[C@H]1CO2.Cc1ccc2cc1-c1cnn3ccc(nc13)NCCN1CCC=C[C@H]1CO2.Cc1ccc2cc1-c1cnn3ccc(nc13)NCCN1CC[C@@H](C[C@@H]1C)O2.Cc1ccc2cc1-c1cnn3ccc(nc13)NCCN1C[C@@H](F)C[C@H]1CO2.Cc1ccc2cc1-c1cnn3ccc(nc13)NCCN1C[C@@H]3CCCN3C[C@@H]1CO2. The molecule has 0 radical (unpaired) electrons. The Morgan fingerprint density at radius 1 is 0.331 bits per heavy atom. The molecule has 15 aromatic rings. The Morgan fingerprint density at radius 3 is 1.14 bits per heavy atom. The number of aromatic nitrogens is 15. The molecule has 0 saturated carbocycles. The van der Waals surface area contributed by atoms with Crippen LogP contribution in [0.5, 0.6) is 28.7 Å². The zero-order valence-electron chi connectivity index (χ0n) is 82.3. The fraction of sp³-hybridized carbons (Fsp3) is 0.431. The van der Waals surface area contributed by atoms with E-state index in [0.717, 1.165) is 278 Å². The first-order valence-corrected chi connectivity index (χ1v) is 51.1. The molecule has 33 heteroatoms. The highest BCUT2D eigenvalue weighted by Crippen LogP contribution is 2.41. The highest BCUT2D eigenvalue weighted by molar-refractivity contribution is 5.85. The Bertz CT molecular complexity index is 7100. The Morgan fingerprint density at radius 2 is 0.697 bits per heavy atom. The summed E-state index contributed by atoms with van der Waals surface area (Å²) in [4.78, 5) is 44.3. The van der Waals surface area contributed by atoms with Gasteiger partial charge in [0, 0.05) is 201 Å². The zero-order chi connectivity index (χ0) is 96.0. The first-order valence-electron chi connectivity index (χ1n) is 51.1. The van der Waals surface area contributed by atoms with E-state index in [0.29, 0.717) is 69.0 Å². The van der Waals surface area contributed by atoms with Crippen molar-refractivity contribution in [3.8, 4) is 84.4 Å². The average Bonchev–Trinajstić information content (AvgIpc) is 1.63. The van der Waals surface area contributed by atoms with Crippen molar-refractivity contribution >= 4 is 57.3 Å². The van der Waals surface area contributed by atoms with Crippen molar-refractivity contribution in [2.75, 3.05) is 184 Å². The lowest BCUT2D eigenvalue weighted by Gasteiger charge is -2.44. The van der Waals surface area contributed by atoms with Crippen molar-refractivity contribution in [2.24, 2.45) is 0 Å². The number of hydrogen-bond donors (Lipinski definition) is 4. The Kier molecular flexibility index (Phi) is 26.4. The molecule has 22 bridgehead atoms. The molecule has 0 aliphatic carbocycles. The van der Waals surface area contributed by atoms with Gasteiger partial charge in [-0.15, -0.1) is 0 Å². The molecule has 10 aromatic heterocycles. The van der Waals surface area contributed by atoms with E-state index in [2.05, 4.69) is 219 Å². The second-order valence-electron chi connectivity index (χ2n) is 40.3. The number of piperazine rings is 2. The third kappa shape index (κ3) is 19.7. The second-order valence-corrected chi connectivity index (χ2v) is 40.3. The third-order valence-corrected chi connectivity index (χ3v) is 31.0. The number of aryl methyl sites for hydroxylation is 5. The summed E-state index contributed by atoms with van der Waals surface area (Å²) in [6.45, 7) is 34.0. The molecular weight excluding hydrogens is 1790 g/mol. The van der Waals surface area contributed by atoms with Gasteiger partial charge in [0.15, 0.2) is 28.2 Å². The number of fused-ring (bicyclic) bond motifs is 26. The minimum atomic E-state index is -0.787. The highest BCUT2D eigenvalue weighted by atomic mass is 19.1. The topological polar surface area (TPSA) is 271 Å². The van der Waals surface area contributed by atoms with Gasteiger partial charge in [-0.05, 0) is 253 Å². The van der Waals surface area contributed by atoms with Crippen molar-refractivity contribution in [1.29, 1.82) is 0 Å². The number of halogens is 1. The van der Waals surface area contributed by atoms with Crippen LogP contribution < -0.4 is 49.9 Å². The fourth-order valence-corrected chi connectivity index (χ4v) is 22.8. The van der Waals surface area contributed by atoms with Gasteiger partial charge >= 0.3 is 0 Å². The zero-order valence-corrected chi connectivity index (χ0v) is 82.3. The van der Waals surface area contributed by atoms with Gasteiger partial charge in [-0.3, -0.25) is 34.3 Å². The minimum absolute atomic E-state index is 0.0941. The van der Waals surface area contributed by atoms with Gasteiger partial charge in [0.2, 0.25) is 0 Å². The number of alkyl halides is 1. The van der Waals surface area contributed by atoms with Crippen molar-refractivity contribution < 1.29 is 28.1 Å². The van der Waals surface area contributed by atoms with E-state index in [1.54, 1.807) is 4.52 Å². The highest BCUT2D eigenvalue weighted by Gasteiger charge is 2.40. The van der Waals surface area contributed by atoms with Gasteiger partial charge in [-0.2, -0.15) is 25.5 Å². The first kappa shape index (κ1) is 92.3. The summed E-state index contributed by atoms with van der Waals surface area (Å²) in [6.07, 6.45) is 32.3. The molecule has 6 fully saturated rings. The van der Waals surface area contributed by atoms with Crippen LogP contribution in [0, 0.1) is 34.6 Å². The monoisotopic (exact) mass is 1910 g/mol. The first-order chi connectivity index (χ1) is 69.5. The molecule has 0 spiro atoms. The lowest BCUT2D eigenvalue weighted by molar-refractivity contribution is 0.0293. The number of hydrogen-bond acceptors (Lipinski definition) is 27. The molecule has 32 nitrogen and oxygen atoms in total. The molecule has 4 N–H and O–H groups in total. The van der Waals surface area contributed by atoms with Gasteiger partial charge in [-0.1, -0.05) is 42.5 Å². The predicted molar refractivity (Wildman–Crippen MR) is 554 cm³/mol. The normalized spacial score (nSPS) is 23.5. The van der Waals surface area contributed by atoms with Gasteiger partial charge in [0.1, 0.15) is 96.5 Å². The van der Waals surface area contributed by atoms with Crippen LogP contribution in [0.3, 0.4) is 0 Å². The third-order valence-electron chi connectivity index (χ3n) is 31.0. The summed E-state index contributed by atoms with van der Waals surface area (Å²) >= 11 is 0. The van der Waals surface area contributed by atoms with Crippen molar-refractivity contribution in [2.45, 2.75) is 147 Å². The van der Waals surface area contributed by atoms with Crippen molar-refractivity contribution in [3.05, 3.63) is 223 Å². The Labute approximate surface area is 827 Å². The Balaban J connectivity index is 0.0000000988. The van der Waals surface area contributed by atoms with E-state index >= 15 is 0 Å². The van der Waals surface area contributed by atoms with Crippen LogP contribution in [0.4, 0.5) is 33.5 Å². The molecule has 6 saturated heterocycles. The maximum absolute atomic E-state index is 14.0. The molecule has 10 atom stereocenters. The summed E-state index contributed by atoms with van der Waals surface area (Å²) in [6, 6.07) is 44.6. The van der Waals surface area contributed by atoms with Crippen LogP contribution in [0.2, 0.25) is 0 Å². The molecule has 23 heterocycles.